The molecular weight excluding hydrogens is 334 g/mol. The summed E-state index contributed by atoms with van der Waals surface area (Å²) in [6.07, 6.45) is 0. The highest BCUT2D eigenvalue weighted by atomic mass is 16.2. The van der Waals surface area contributed by atoms with E-state index in [1.807, 2.05) is 78.3 Å². The van der Waals surface area contributed by atoms with Crippen molar-refractivity contribution in [1.29, 1.82) is 0 Å². The number of hydrogen-bond acceptors (Lipinski definition) is 2. The normalized spacial score (nSPS) is 10.9. The van der Waals surface area contributed by atoms with Crippen LogP contribution < -0.4 is 4.90 Å². The van der Waals surface area contributed by atoms with Crippen LogP contribution in [0.25, 0.3) is 22.4 Å². The highest BCUT2D eigenvalue weighted by Gasteiger charge is 2.18. The van der Waals surface area contributed by atoms with Crippen molar-refractivity contribution in [3.05, 3.63) is 84.4 Å². The molecule has 3 aromatic carbocycles. The van der Waals surface area contributed by atoms with Crippen LogP contribution in [0.3, 0.4) is 0 Å². The van der Waals surface area contributed by atoms with Crippen molar-refractivity contribution in [2.45, 2.75) is 13.5 Å². The fourth-order valence-electron chi connectivity index (χ4n) is 3.28. The molecule has 4 rings (SSSR count). The first kappa shape index (κ1) is 17.0. The van der Waals surface area contributed by atoms with Gasteiger partial charge in [-0.15, -0.1) is 0 Å². The van der Waals surface area contributed by atoms with E-state index in [4.69, 9.17) is 4.98 Å². The molecule has 0 aliphatic carbocycles. The van der Waals surface area contributed by atoms with Crippen molar-refractivity contribution >= 4 is 22.6 Å². The maximum absolute atomic E-state index is 13.0. The molecule has 1 amide bonds. The molecule has 4 heteroatoms. The summed E-state index contributed by atoms with van der Waals surface area (Å²) in [5.41, 5.74) is 4.91. The Hall–Kier alpha value is -3.40. The Morgan fingerprint density at radius 2 is 1.70 bits per heavy atom. The first-order valence-corrected chi connectivity index (χ1v) is 8.97. The molecule has 27 heavy (non-hydrogen) atoms. The first-order valence-electron chi connectivity index (χ1n) is 8.97. The predicted octanol–water partition coefficient (Wildman–Crippen LogP) is 4.67. The van der Waals surface area contributed by atoms with E-state index in [2.05, 4.69) is 19.1 Å². The van der Waals surface area contributed by atoms with Crippen molar-refractivity contribution in [1.82, 2.24) is 9.55 Å². The minimum Gasteiger partial charge on any atom is -0.314 e. The van der Waals surface area contributed by atoms with Gasteiger partial charge < -0.3 is 9.47 Å². The van der Waals surface area contributed by atoms with Gasteiger partial charge in [0.05, 0.1) is 11.0 Å². The molecule has 0 aliphatic heterocycles. The maximum Gasteiger partial charge on any atom is 0.246 e. The van der Waals surface area contributed by atoms with Gasteiger partial charge in [-0.25, -0.2) is 4.98 Å². The molecule has 0 N–H and O–H groups in total. The number of aryl methyl sites for hydroxylation is 1. The quantitative estimate of drug-likeness (QED) is 0.533. The molecule has 0 unspecified atom stereocenters. The van der Waals surface area contributed by atoms with Gasteiger partial charge in [0.15, 0.2) is 0 Å². The van der Waals surface area contributed by atoms with Crippen molar-refractivity contribution < 1.29 is 4.79 Å². The summed E-state index contributed by atoms with van der Waals surface area (Å²) in [6, 6.07) is 25.8. The Balaban J connectivity index is 1.76. The van der Waals surface area contributed by atoms with Crippen LogP contribution >= 0.6 is 0 Å². The molecule has 0 aliphatic rings. The Kier molecular flexibility index (Phi) is 4.47. The van der Waals surface area contributed by atoms with E-state index in [1.165, 1.54) is 5.56 Å². The van der Waals surface area contributed by atoms with Crippen LogP contribution in [0, 0.1) is 6.92 Å². The second-order valence-electron chi connectivity index (χ2n) is 6.67. The number of fused-ring (bicyclic) bond motifs is 1. The fourth-order valence-corrected chi connectivity index (χ4v) is 3.28. The number of carbonyl (C=O) groups is 1. The lowest BCUT2D eigenvalue weighted by molar-refractivity contribution is -0.118. The van der Waals surface area contributed by atoms with Crippen molar-refractivity contribution in [2.24, 2.45) is 0 Å². The van der Waals surface area contributed by atoms with E-state index in [-0.39, 0.29) is 12.5 Å². The van der Waals surface area contributed by atoms with E-state index < -0.39 is 0 Å². The van der Waals surface area contributed by atoms with Crippen molar-refractivity contribution in [3.8, 4) is 11.4 Å². The topological polar surface area (TPSA) is 38.1 Å². The lowest BCUT2D eigenvalue weighted by Crippen LogP contribution is -2.30. The Labute approximate surface area is 158 Å². The monoisotopic (exact) mass is 355 g/mol. The van der Waals surface area contributed by atoms with E-state index in [9.17, 15) is 4.79 Å². The molecule has 134 valence electrons. The van der Waals surface area contributed by atoms with Crippen molar-refractivity contribution in [2.75, 3.05) is 11.9 Å². The Bertz CT molecular complexity index is 1100. The van der Waals surface area contributed by atoms with E-state index in [1.54, 1.807) is 4.90 Å². The SMILES string of the molecule is Cc1cccc(-c2nc3ccccc3n2CC(=O)N(C)c2ccccc2)c1. The van der Waals surface area contributed by atoms with Gasteiger partial charge in [0.25, 0.3) is 0 Å². The third kappa shape index (κ3) is 3.34. The predicted molar refractivity (Wildman–Crippen MR) is 110 cm³/mol. The number of amides is 1. The van der Waals surface area contributed by atoms with E-state index in [0.717, 1.165) is 28.1 Å². The molecule has 0 atom stereocenters. The molecule has 0 radical (unpaired) electrons. The molecule has 0 saturated carbocycles. The molecule has 4 aromatic rings. The summed E-state index contributed by atoms with van der Waals surface area (Å²) in [5.74, 6) is 0.827. The number of benzene rings is 3. The van der Waals surface area contributed by atoms with Crippen LogP contribution in [0.5, 0.6) is 0 Å². The fraction of sp³-hybridized carbons (Fsp3) is 0.130. The molecular formula is C23H21N3O. The second-order valence-corrected chi connectivity index (χ2v) is 6.67. The van der Waals surface area contributed by atoms with Crippen molar-refractivity contribution in [3.63, 3.8) is 0 Å². The van der Waals surface area contributed by atoms with Gasteiger partial charge in [-0.05, 0) is 37.3 Å². The van der Waals surface area contributed by atoms with Gasteiger partial charge in [-0.3, -0.25) is 4.79 Å². The van der Waals surface area contributed by atoms with Crippen LogP contribution in [0.1, 0.15) is 5.56 Å². The summed E-state index contributed by atoms with van der Waals surface area (Å²) >= 11 is 0. The Morgan fingerprint density at radius 3 is 2.48 bits per heavy atom. The molecule has 1 heterocycles. The zero-order chi connectivity index (χ0) is 18.8. The first-order chi connectivity index (χ1) is 13.1. The minimum absolute atomic E-state index is 0.0123. The number of anilines is 1. The lowest BCUT2D eigenvalue weighted by Gasteiger charge is -2.19. The van der Waals surface area contributed by atoms with Crippen LogP contribution in [-0.2, 0) is 11.3 Å². The highest BCUT2D eigenvalue weighted by molar-refractivity contribution is 5.94. The van der Waals surface area contributed by atoms with Gasteiger partial charge in [0.1, 0.15) is 12.4 Å². The molecule has 0 fully saturated rings. The number of rotatable bonds is 4. The van der Waals surface area contributed by atoms with Crippen LogP contribution in [-0.4, -0.2) is 22.5 Å². The number of aromatic nitrogens is 2. The third-order valence-corrected chi connectivity index (χ3v) is 4.74. The van der Waals surface area contributed by atoms with E-state index >= 15 is 0 Å². The molecule has 0 bridgehead atoms. The average molecular weight is 355 g/mol. The third-order valence-electron chi connectivity index (χ3n) is 4.74. The highest BCUT2D eigenvalue weighted by Crippen LogP contribution is 2.26. The smallest absolute Gasteiger partial charge is 0.246 e. The number of nitrogens with zero attached hydrogens (tertiary/aromatic N) is 3. The zero-order valence-corrected chi connectivity index (χ0v) is 15.5. The zero-order valence-electron chi connectivity index (χ0n) is 15.5. The molecule has 4 nitrogen and oxygen atoms in total. The number of carbonyl (C=O) groups excluding carboxylic acids is 1. The summed E-state index contributed by atoms with van der Waals surface area (Å²) in [6.45, 7) is 2.29. The summed E-state index contributed by atoms with van der Waals surface area (Å²) in [7, 11) is 1.81. The van der Waals surface area contributed by atoms with Crippen LogP contribution in [0.15, 0.2) is 78.9 Å². The summed E-state index contributed by atoms with van der Waals surface area (Å²) in [4.78, 5) is 19.5. The Morgan fingerprint density at radius 1 is 0.963 bits per heavy atom. The van der Waals surface area contributed by atoms with Gasteiger partial charge in [-0.2, -0.15) is 0 Å². The largest absolute Gasteiger partial charge is 0.314 e. The molecule has 0 saturated heterocycles. The maximum atomic E-state index is 13.0. The lowest BCUT2D eigenvalue weighted by atomic mass is 10.1. The van der Waals surface area contributed by atoms with Crippen LogP contribution in [0.2, 0.25) is 0 Å². The summed E-state index contributed by atoms with van der Waals surface area (Å²) in [5, 5.41) is 0. The average Bonchev–Trinajstić information content (AvgIpc) is 3.06. The van der Waals surface area contributed by atoms with Gasteiger partial charge in [-0.1, -0.05) is 54.1 Å². The molecule has 1 aromatic heterocycles. The number of likely N-dealkylation sites (N-methyl/N-ethyl adjacent to an activating group) is 1. The standard InChI is InChI=1S/C23H21N3O/c1-17-9-8-10-18(15-17)23-24-20-13-6-7-14-21(20)26(23)16-22(27)25(2)19-11-4-3-5-12-19/h3-15H,16H2,1-2H3. The van der Waals surface area contributed by atoms with Gasteiger partial charge >= 0.3 is 0 Å². The second kappa shape index (κ2) is 7.08. The van der Waals surface area contributed by atoms with Gasteiger partial charge in [0, 0.05) is 18.3 Å². The minimum atomic E-state index is 0.0123. The summed E-state index contributed by atoms with van der Waals surface area (Å²) < 4.78 is 2.01. The van der Waals surface area contributed by atoms with Gasteiger partial charge in [0.2, 0.25) is 5.91 Å². The number of hydrogen-bond donors (Lipinski definition) is 0. The number of para-hydroxylation sites is 3. The van der Waals surface area contributed by atoms with E-state index in [0.29, 0.717) is 0 Å². The number of imidazole rings is 1. The molecule has 0 spiro atoms. The van der Waals surface area contributed by atoms with Crippen LogP contribution in [0.4, 0.5) is 5.69 Å².